The second-order valence-corrected chi connectivity index (χ2v) is 8.67. The van der Waals surface area contributed by atoms with Crippen molar-refractivity contribution in [1.82, 2.24) is 20.4 Å². The lowest BCUT2D eigenvalue weighted by atomic mass is 9.96. The highest BCUT2D eigenvalue weighted by atomic mass is 16.5. The van der Waals surface area contributed by atoms with Crippen molar-refractivity contribution in [2.75, 3.05) is 26.7 Å². The second kappa shape index (κ2) is 11.1. The second-order valence-electron chi connectivity index (χ2n) is 8.67. The summed E-state index contributed by atoms with van der Waals surface area (Å²) in [6, 6.07) is 16.1. The smallest absolute Gasteiger partial charge is 0.241 e. The molecule has 0 aliphatic carbocycles. The number of piperidine rings is 1. The fourth-order valence-corrected chi connectivity index (χ4v) is 4.24. The summed E-state index contributed by atoms with van der Waals surface area (Å²) < 4.78 is 10.6. The summed E-state index contributed by atoms with van der Waals surface area (Å²) in [5.74, 6) is 2.23. The zero-order chi connectivity index (χ0) is 23.0. The largest absolute Gasteiger partial charge is 0.497 e. The average molecular weight is 449 g/mol. The number of benzene rings is 2. The van der Waals surface area contributed by atoms with Gasteiger partial charge in [0.25, 0.3) is 0 Å². The first-order valence-corrected chi connectivity index (χ1v) is 11.6. The van der Waals surface area contributed by atoms with Gasteiger partial charge in [0.2, 0.25) is 17.6 Å². The van der Waals surface area contributed by atoms with Crippen molar-refractivity contribution in [3.05, 3.63) is 65.5 Å². The third-order valence-corrected chi connectivity index (χ3v) is 6.16. The van der Waals surface area contributed by atoms with Crippen LogP contribution in [0.3, 0.4) is 0 Å². The number of nitrogens with zero attached hydrogens (tertiary/aromatic N) is 3. The number of carbonyl (C=O) groups is 1. The van der Waals surface area contributed by atoms with Gasteiger partial charge in [0.1, 0.15) is 5.75 Å². The Bertz CT molecular complexity index is 1040. The molecule has 0 unspecified atom stereocenters. The molecule has 3 aromatic rings. The fourth-order valence-electron chi connectivity index (χ4n) is 4.24. The zero-order valence-electron chi connectivity index (χ0n) is 19.4. The van der Waals surface area contributed by atoms with Crippen LogP contribution in [-0.4, -0.2) is 47.7 Å². The summed E-state index contributed by atoms with van der Waals surface area (Å²) in [5, 5.41) is 7.23. The van der Waals surface area contributed by atoms with Crippen molar-refractivity contribution < 1.29 is 14.1 Å². The molecule has 0 atom stereocenters. The zero-order valence-corrected chi connectivity index (χ0v) is 19.4. The summed E-state index contributed by atoms with van der Waals surface area (Å²) in [5.41, 5.74) is 3.50. The maximum Gasteiger partial charge on any atom is 0.241 e. The summed E-state index contributed by atoms with van der Waals surface area (Å²) in [7, 11) is 1.64. The van der Waals surface area contributed by atoms with Crippen LogP contribution >= 0.6 is 0 Å². The van der Waals surface area contributed by atoms with Crippen LogP contribution in [0.25, 0.3) is 11.4 Å². The molecule has 7 nitrogen and oxygen atoms in total. The van der Waals surface area contributed by atoms with E-state index in [9.17, 15) is 4.79 Å². The van der Waals surface area contributed by atoms with Crippen molar-refractivity contribution in [3.63, 3.8) is 0 Å². The van der Waals surface area contributed by atoms with E-state index in [0.717, 1.165) is 56.6 Å². The van der Waals surface area contributed by atoms with Gasteiger partial charge in [-0.25, -0.2) is 0 Å². The lowest BCUT2D eigenvalue weighted by Crippen LogP contribution is -2.40. The first kappa shape index (κ1) is 23.0. The van der Waals surface area contributed by atoms with E-state index in [2.05, 4.69) is 51.5 Å². The first-order chi connectivity index (χ1) is 16.1. The van der Waals surface area contributed by atoms with Crippen LogP contribution < -0.4 is 10.1 Å². The molecule has 0 saturated carbocycles. The van der Waals surface area contributed by atoms with E-state index in [1.807, 2.05) is 24.3 Å². The number of aromatic nitrogens is 2. The van der Waals surface area contributed by atoms with Crippen LogP contribution in [0.15, 0.2) is 53.1 Å². The van der Waals surface area contributed by atoms with Crippen molar-refractivity contribution in [1.29, 1.82) is 0 Å². The lowest BCUT2D eigenvalue weighted by molar-refractivity contribution is -0.126. The molecular weight excluding hydrogens is 416 g/mol. The predicted octanol–water partition coefficient (Wildman–Crippen LogP) is 4.01. The molecule has 174 valence electrons. The third-order valence-electron chi connectivity index (χ3n) is 6.16. The van der Waals surface area contributed by atoms with E-state index in [-0.39, 0.29) is 11.8 Å². The Morgan fingerprint density at radius 1 is 1.18 bits per heavy atom. The van der Waals surface area contributed by atoms with Gasteiger partial charge in [-0.2, -0.15) is 4.98 Å². The Morgan fingerprint density at radius 3 is 2.70 bits per heavy atom. The minimum Gasteiger partial charge on any atom is -0.497 e. The van der Waals surface area contributed by atoms with Gasteiger partial charge in [0.05, 0.1) is 13.7 Å². The molecule has 1 amide bonds. The number of likely N-dealkylation sites (tertiary alicyclic amines) is 1. The van der Waals surface area contributed by atoms with Gasteiger partial charge in [0, 0.05) is 18.0 Å². The summed E-state index contributed by atoms with van der Waals surface area (Å²) >= 11 is 0. The predicted molar refractivity (Wildman–Crippen MR) is 127 cm³/mol. The highest BCUT2D eigenvalue weighted by Crippen LogP contribution is 2.22. The molecule has 1 fully saturated rings. The maximum atomic E-state index is 12.6. The third kappa shape index (κ3) is 6.42. The van der Waals surface area contributed by atoms with Gasteiger partial charge in [-0.3, -0.25) is 9.69 Å². The van der Waals surface area contributed by atoms with Gasteiger partial charge >= 0.3 is 0 Å². The molecular formula is C26H32N4O3. The van der Waals surface area contributed by atoms with Crippen molar-refractivity contribution in [3.8, 4) is 17.1 Å². The molecule has 1 aliphatic rings. The number of carbonyl (C=O) groups excluding carboxylic acids is 1. The molecule has 1 N–H and O–H groups in total. The number of rotatable bonds is 9. The van der Waals surface area contributed by atoms with E-state index < -0.39 is 0 Å². The quantitative estimate of drug-likeness (QED) is 0.498. The highest BCUT2D eigenvalue weighted by Gasteiger charge is 2.25. The molecule has 1 aromatic heterocycles. The molecule has 0 bridgehead atoms. The van der Waals surface area contributed by atoms with Gasteiger partial charge in [-0.15, -0.1) is 0 Å². The average Bonchev–Trinajstić information content (AvgIpc) is 3.31. The minimum absolute atomic E-state index is 0.0813. The number of hydrogen-bond donors (Lipinski definition) is 1. The van der Waals surface area contributed by atoms with E-state index in [1.54, 1.807) is 7.11 Å². The summed E-state index contributed by atoms with van der Waals surface area (Å²) in [6.45, 7) is 5.14. The van der Waals surface area contributed by atoms with E-state index in [0.29, 0.717) is 18.3 Å². The lowest BCUT2D eigenvalue weighted by Gasteiger charge is -2.30. The molecule has 2 aromatic carbocycles. The molecule has 4 rings (SSSR count). The number of amides is 1. The maximum absolute atomic E-state index is 12.6. The first-order valence-electron chi connectivity index (χ1n) is 11.6. The van der Waals surface area contributed by atoms with Crippen LogP contribution in [0.4, 0.5) is 0 Å². The normalized spacial score (nSPS) is 14.8. The van der Waals surface area contributed by atoms with Crippen molar-refractivity contribution in [2.24, 2.45) is 5.92 Å². The van der Waals surface area contributed by atoms with Gasteiger partial charge in [0.15, 0.2) is 0 Å². The van der Waals surface area contributed by atoms with Crippen molar-refractivity contribution >= 4 is 5.91 Å². The Hall–Kier alpha value is -3.19. The molecule has 2 heterocycles. The standard InChI is InChI=1S/C26H32N4O3/c1-19-5-3-6-20(17-19)7-4-14-27-26(31)22-12-15-30(16-13-22)18-24-28-25(29-33-24)21-8-10-23(32-2)11-9-21/h3,5-6,8-11,17,22H,4,7,12-16,18H2,1-2H3,(H,27,31). The van der Waals surface area contributed by atoms with Crippen LogP contribution in [0.5, 0.6) is 5.75 Å². The monoisotopic (exact) mass is 448 g/mol. The summed E-state index contributed by atoms with van der Waals surface area (Å²) in [4.78, 5) is 19.4. The van der Waals surface area contributed by atoms with Gasteiger partial charge in [-0.05, 0) is 75.5 Å². The topological polar surface area (TPSA) is 80.5 Å². The van der Waals surface area contributed by atoms with Crippen LogP contribution in [0.1, 0.15) is 36.3 Å². The molecule has 0 spiro atoms. The molecule has 33 heavy (non-hydrogen) atoms. The number of hydrogen-bond acceptors (Lipinski definition) is 6. The van der Waals surface area contributed by atoms with Crippen molar-refractivity contribution in [2.45, 2.75) is 39.2 Å². The molecule has 7 heteroatoms. The Labute approximate surface area is 195 Å². The van der Waals surface area contributed by atoms with E-state index in [4.69, 9.17) is 9.26 Å². The Morgan fingerprint density at radius 2 is 1.97 bits per heavy atom. The van der Waals surface area contributed by atoms with Crippen LogP contribution in [0.2, 0.25) is 0 Å². The highest BCUT2D eigenvalue weighted by molar-refractivity contribution is 5.78. The fraction of sp³-hybridized carbons (Fsp3) is 0.423. The molecule has 0 radical (unpaired) electrons. The Balaban J connectivity index is 1.17. The Kier molecular flexibility index (Phi) is 7.73. The minimum atomic E-state index is 0.0813. The molecule has 1 aliphatic heterocycles. The van der Waals surface area contributed by atoms with Gasteiger partial charge in [-0.1, -0.05) is 35.0 Å². The van der Waals surface area contributed by atoms with E-state index >= 15 is 0 Å². The number of aryl methyl sites for hydroxylation is 2. The molecule has 1 saturated heterocycles. The SMILES string of the molecule is COc1ccc(-c2noc(CN3CCC(C(=O)NCCCc4cccc(C)c4)CC3)n2)cc1. The number of nitrogens with one attached hydrogen (secondary N) is 1. The van der Waals surface area contributed by atoms with Crippen LogP contribution in [-0.2, 0) is 17.8 Å². The van der Waals surface area contributed by atoms with Gasteiger partial charge < -0.3 is 14.6 Å². The number of ether oxygens (including phenoxy) is 1. The summed E-state index contributed by atoms with van der Waals surface area (Å²) in [6.07, 6.45) is 3.65. The van der Waals surface area contributed by atoms with Crippen LogP contribution in [0, 0.1) is 12.8 Å². The number of methoxy groups -OCH3 is 1. The van der Waals surface area contributed by atoms with E-state index in [1.165, 1.54) is 11.1 Å².